The van der Waals surface area contributed by atoms with Gasteiger partial charge in [-0.05, 0) is 5.56 Å². The maximum absolute atomic E-state index is 5.12. The smallest absolute Gasteiger partial charge is 0.233 e. The van der Waals surface area contributed by atoms with Crippen LogP contribution in [0.5, 0.6) is 5.88 Å². The second-order valence-corrected chi connectivity index (χ2v) is 4.81. The standard InChI is InChI=1S/C14H16BrN3O/c1-19-14-10-16-9-13(17-14)18(8-7-15)11-12-5-3-2-4-6-12/h2-6,9-10H,7-8,11H2,1H3. The molecular weight excluding hydrogens is 306 g/mol. The molecule has 1 aromatic carbocycles. The summed E-state index contributed by atoms with van der Waals surface area (Å²) in [5, 5.41) is 0.874. The number of hydrogen-bond acceptors (Lipinski definition) is 4. The van der Waals surface area contributed by atoms with Crippen LogP contribution in [-0.4, -0.2) is 29.0 Å². The molecule has 0 N–H and O–H groups in total. The first kappa shape index (κ1) is 13.8. The highest BCUT2D eigenvalue weighted by atomic mass is 79.9. The molecule has 0 aliphatic heterocycles. The van der Waals surface area contributed by atoms with Crippen LogP contribution < -0.4 is 9.64 Å². The van der Waals surface area contributed by atoms with E-state index in [2.05, 4.69) is 42.9 Å². The highest BCUT2D eigenvalue weighted by molar-refractivity contribution is 9.09. The molecule has 2 aromatic rings. The summed E-state index contributed by atoms with van der Waals surface area (Å²) in [6.45, 7) is 1.66. The molecule has 0 saturated heterocycles. The molecule has 0 atom stereocenters. The summed E-state index contributed by atoms with van der Waals surface area (Å²) in [6, 6.07) is 10.3. The van der Waals surface area contributed by atoms with E-state index in [0.717, 1.165) is 24.2 Å². The van der Waals surface area contributed by atoms with Gasteiger partial charge >= 0.3 is 0 Å². The van der Waals surface area contributed by atoms with Gasteiger partial charge in [-0.1, -0.05) is 46.3 Å². The minimum Gasteiger partial charge on any atom is -0.480 e. The molecule has 0 fully saturated rings. The van der Waals surface area contributed by atoms with E-state index in [-0.39, 0.29) is 0 Å². The second-order valence-electron chi connectivity index (χ2n) is 4.02. The predicted molar refractivity (Wildman–Crippen MR) is 79.9 cm³/mol. The summed E-state index contributed by atoms with van der Waals surface area (Å²) >= 11 is 3.48. The monoisotopic (exact) mass is 321 g/mol. The quantitative estimate of drug-likeness (QED) is 0.767. The lowest BCUT2D eigenvalue weighted by Crippen LogP contribution is -2.26. The number of halogens is 1. The number of hydrogen-bond donors (Lipinski definition) is 0. The number of rotatable bonds is 6. The molecule has 5 heteroatoms. The summed E-state index contributed by atoms with van der Waals surface area (Å²) in [6.07, 6.45) is 3.37. The zero-order chi connectivity index (χ0) is 13.5. The Bertz CT molecular complexity index is 507. The number of ether oxygens (including phenoxy) is 1. The van der Waals surface area contributed by atoms with Crippen LogP contribution in [0.3, 0.4) is 0 Å². The van der Waals surface area contributed by atoms with Crippen LogP contribution in [0.25, 0.3) is 0 Å². The van der Waals surface area contributed by atoms with Crippen molar-refractivity contribution in [1.29, 1.82) is 0 Å². The largest absolute Gasteiger partial charge is 0.480 e. The van der Waals surface area contributed by atoms with Crippen molar-refractivity contribution < 1.29 is 4.74 Å². The highest BCUT2D eigenvalue weighted by Gasteiger charge is 2.09. The lowest BCUT2D eigenvalue weighted by atomic mass is 10.2. The van der Waals surface area contributed by atoms with Gasteiger partial charge in [-0.25, -0.2) is 0 Å². The van der Waals surface area contributed by atoms with E-state index in [1.165, 1.54) is 5.56 Å². The van der Waals surface area contributed by atoms with E-state index >= 15 is 0 Å². The van der Waals surface area contributed by atoms with Gasteiger partial charge in [-0.15, -0.1) is 0 Å². The minimum atomic E-state index is 0.533. The van der Waals surface area contributed by atoms with Crippen LogP contribution in [0.4, 0.5) is 5.82 Å². The van der Waals surface area contributed by atoms with E-state index in [4.69, 9.17) is 4.74 Å². The predicted octanol–water partition coefficient (Wildman–Crippen LogP) is 2.89. The number of alkyl halides is 1. The van der Waals surface area contributed by atoms with Crippen molar-refractivity contribution in [2.24, 2.45) is 0 Å². The van der Waals surface area contributed by atoms with Gasteiger partial charge in [0.25, 0.3) is 0 Å². The third-order valence-electron chi connectivity index (χ3n) is 2.70. The molecule has 0 saturated carbocycles. The first-order valence-corrected chi connectivity index (χ1v) is 7.16. The average molecular weight is 322 g/mol. The fraction of sp³-hybridized carbons (Fsp3) is 0.286. The number of nitrogens with zero attached hydrogens (tertiary/aromatic N) is 3. The highest BCUT2D eigenvalue weighted by Crippen LogP contribution is 2.16. The molecule has 0 aliphatic rings. The van der Waals surface area contributed by atoms with Crippen molar-refractivity contribution in [3.05, 3.63) is 48.3 Å². The molecule has 0 amide bonds. The van der Waals surface area contributed by atoms with E-state index in [9.17, 15) is 0 Å². The topological polar surface area (TPSA) is 38.2 Å². The van der Waals surface area contributed by atoms with Gasteiger partial charge in [-0.3, -0.25) is 4.98 Å². The first-order chi connectivity index (χ1) is 9.33. The molecule has 1 aromatic heterocycles. The average Bonchev–Trinajstić information content (AvgIpc) is 2.48. The van der Waals surface area contributed by atoms with Gasteiger partial charge in [0.1, 0.15) is 0 Å². The molecular formula is C14H16BrN3O. The number of aromatic nitrogens is 2. The molecule has 19 heavy (non-hydrogen) atoms. The Hall–Kier alpha value is -1.62. The second kappa shape index (κ2) is 7.09. The van der Waals surface area contributed by atoms with Crippen LogP contribution in [0.15, 0.2) is 42.7 Å². The maximum atomic E-state index is 5.12. The Labute approximate surface area is 121 Å². The summed E-state index contributed by atoms with van der Waals surface area (Å²) in [5.74, 6) is 1.35. The molecule has 0 aliphatic carbocycles. The molecule has 0 spiro atoms. The Balaban J connectivity index is 2.19. The summed E-state index contributed by atoms with van der Waals surface area (Å²) in [7, 11) is 1.60. The van der Waals surface area contributed by atoms with Crippen molar-refractivity contribution >= 4 is 21.7 Å². The van der Waals surface area contributed by atoms with Crippen LogP contribution in [-0.2, 0) is 6.54 Å². The normalized spacial score (nSPS) is 10.2. The fourth-order valence-corrected chi connectivity index (χ4v) is 2.20. The molecule has 0 unspecified atom stereocenters. The van der Waals surface area contributed by atoms with Gasteiger partial charge < -0.3 is 9.64 Å². The maximum Gasteiger partial charge on any atom is 0.233 e. The first-order valence-electron chi connectivity index (χ1n) is 6.04. The van der Waals surface area contributed by atoms with E-state index in [1.807, 2.05) is 18.2 Å². The lowest BCUT2D eigenvalue weighted by molar-refractivity contribution is 0.395. The van der Waals surface area contributed by atoms with Gasteiger partial charge in [0, 0.05) is 18.4 Å². The summed E-state index contributed by atoms with van der Waals surface area (Å²) in [4.78, 5) is 10.7. The molecule has 2 rings (SSSR count). The zero-order valence-electron chi connectivity index (χ0n) is 10.8. The van der Waals surface area contributed by atoms with E-state index in [0.29, 0.717) is 5.88 Å². The van der Waals surface area contributed by atoms with Gasteiger partial charge in [0.15, 0.2) is 5.82 Å². The van der Waals surface area contributed by atoms with E-state index < -0.39 is 0 Å². The van der Waals surface area contributed by atoms with Crippen molar-refractivity contribution in [1.82, 2.24) is 9.97 Å². The van der Waals surface area contributed by atoms with Crippen LogP contribution in [0.1, 0.15) is 5.56 Å². The SMILES string of the molecule is COc1cncc(N(CCBr)Cc2ccccc2)n1. The summed E-state index contributed by atoms with van der Waals surface area (Å²) in [5.41, 5.74) is 1.24. The molecule has 1 heterocycles. The third kappa shape index (κ3) is 3.92. The van der Waals surface area contributed by atoms with Gasteiger partial charge in [-0.2, -0.15) is 4.98 Å². The fourth-order valence-electron chi connectivity index (χ4n) is 1.77. The Morgan fingerprint density at radius 1 is 1.21 bits per heavy atom. The van der Waals surface area contributed by atoms with Gasteiger partial charge in [0.05, 0.1) is 19.5 Å². The Kier molecular flexibility index (Phi) is 5.15. The van der Waals surface area contributed by atoms with Crippen molar-refractivity contribution in [3.63, 3.8) is 0 Å². The Morgan fingerprint density at radius 2 is 2.00 bits per heavy atom. The number of benzene rings is 1. The van der Waals surface area contributed by atoms with Crippen LogP contribution in [0.2, 0.25) is 0 Å². The number of anilines is 1. The Morgan fingerprint density at radius 3 is 2.68 bits per heavy atom. The molecule has 100 valence electrons. The van der Waals surface area contributed by atoms with E-state index in [1.54, 1.807) is 19.5 Å². The molecule has 0 bridgehead atoms. The minimum absolute atomic E-state index is 0.533. The lowest BCUT2D eigenvalue weighted by Gasteiger charge is -2.22. The summed E-state index contributed by atoms with van der Waals surface area (Å²) < 4.78 is 5.12. The van der Waals surface area contributed by atoms with Gasteiger partial charge in [0.2, 0.25) is 5.88 Å². The van der Waals surface area contributed by atoms with Crippen molar-refractivity contribution in [2.75, 3.05) is 23.9 Å². The molecule has 0 radical (unpaired) electrons. The van der Waals surface area contributed by atoms with Crippen molar-refractivity contribution in [2.45, 2.75) is 6.54 Å². The van der Waals surface area contributed by atoms with Crippen molar-refractivity contribution in [3.8, 4) is 5.88 Å². The molecule has 4 nitrogen and oxygen atoms in total. The van der Waals surface area contributed by atoms with Crippen LogP contribution >= 0.6 is 15.9 Å². The zero-order valence-corrected chi connectivity index (χ0v) is 12.4. The van der Waals surface area contributed by atoms with Crippen LogP contribution in [0, 0.1) is 0 Å². The third-order valence-corrected chi connectivity index (χ3v) is 3.06. The number of methoxy groups -OCH3 is 1.